The summed E-state index contributed by atoms with van der Waals surface area (Å²) >= 11 is 0.971. The third-order valence-corrected chi connectivity index (χ3v) is 2.27. The van der Waals surface area contributed by atoms with E-state index in [-0.39, 0.29) is 0 Å². The van der Waals surface area contributed by atoms with Gasteiger partial charge in [0.05, 0.1) is 0 Å². The first kappa shape index (κ1) is 10.2. The van der Waals surface area contributed by atoms with Crippen LogP contribution in [0.5, 0.6) is 0 Å². The minimum Gasteiger partial charge on any atom is -0.448 e. The summed E-state index contributed by atoms with van der Waals surface area (Å²) in [5, 5.41) is 0. The Balaban J connectivity index is 3.21. The molecule has 0 bridgehead atoms. The van der Waals surface area contributed by atoms with Gasteiger partial charge in [-0.25, -0.2) is 0 Å². The van der Waals surface area contributed by atoms with Gasteiger partial charge in [-0.05, 0) is 17.3 Å². The molecule has 0 heterocycles. The molecule has 0 N–H and O–H groups in total. The second-order valence-corrected chi connectivity index (χ2v) is 3.72. The molecule has 0 nitrogen and oxygen atoms in total. The van der Waals surface area contributed by atoms with Crippen LogP contribution in [0, 0.1) is 5.92 Å². The summed E-state index contributed by atoms with van der Waals surface area (Å²) in [6, 6.07) is 0. The van der Waals surface area contributed by atoms with Crippen LogP contribution in [-0.2, 0) is 0 Å². The van der Waals surface area contributed by atoms with Crippen molar-refractivity contribution in [2.45, 2.75) is 13.8 Å². The van der Waals surface area contributed by atoms with Crippen molar-refractivity contribution in [3.8, 4) is 0 Å². The zero-order chi connectivity index (χ0) is 8.20. The van der Waals surface area contributed by atoms with E-state index in [1.165, 1.54) is 0 Å². The van der Waals surface area contributed by atoms with E-state index >= 15 is 0 Å². The minimum absolute atomic E-state index is 0.350. The van der Waals surface area contributed by atoms with Gasteiger partial charge in [-0.3, -0.25) is 0 Å². The first-order chi connectivity index (χ1) is 4.42. The summed E-state index contributed by atoms with van der Waals surface area (Å²) in [5.41, 5.74) is -0.655. The molecule has 0 saturated carbocycles. The van der Waals surface area contributed by atoms with Crippen LogP contribution in [0.15, 0.2) is 0 Å². The standard InChI is InChI=1S/C5H11BF3S/c1-5(2)3-10-4-6(7,8)9/h5H,3-4H2,1-2H3/q-1. The van der Waals surface area contributed by atoms with Gasteiger partial charge in [0.1, 0.15) is 0 Å². The van der Waals surface area contributed by atoms with E-state index in [2.05, 4.69) is 0 Å². The normalized spacial score (nSPS) is 12.6. The first-order valence-electron chi connectivity index (χ1n) is 3.20. The second-order valence-electron chi connectivity index (χ2n) is 2.64. The van der Waals surface area contributed by atoms with Crippen molar-refractivity contribution in [2.75, 3.05) is 11.4 Å². The maximum absolute atomic E-state index is 11.5. The molecule has 0 spiro atoms. The topological polar surface area (TPSA) is 0 Å². The molecule has 62 valence electrons. The Kier molecular flexibility index (Phi) is 4.25. The monoisotopic (exact) mass is 171 g/mol. The van der Waals surface area contributed by atoms with E-state index in [1.54, 1.807) is 0 Å². The second kappa shape index (κ2) is 4.16. The molecule has 0 amide bonds. The minimum atomic E-state index is -4.57. The number of hydrogen-bond acceptors (Lipinski definition) is 1. The molecule has 0 fully saturated rings. The van der Waals surface area contributed by atoms with E-state index in [0.29, 0.717) is 11.7 Å². The highest BCUT2D eigenvalue weighted by Crippen LogP contribution is 2.17. The van der Waals surface area contributed by atoms with Gasteiger partial charge >= 0.3 is 6.98 Å². The van der Waals surface area contributed by atoms with Crippen LogP contribution in [0.1, 0.15) is 13.8 Å². The summed E-state index contributed by atoms with van der Waals surface area (Å²) in [6.45, 7) is -0.742. The molecule has 0 aromatic heterocycles. The fourth-order valence-corrected chi connectivity index (χ4v) is 1.31. The SMILES string of the molecule is CC(C)CSC[B-](F)(F)F. The highest BCUT2D eigenvalue weighted by Gasteiger charge is 2.22. The summed E-state index contributed by atoms with van der Waals surface area (Å²) < 4.78 is 34.6. The van der Waals surface area contributed by atoms with Crippen molar-refractivity contribution >= 4 is 18.7 Å². The van der Waals surface area contributed by atoms with E-state index in [4.69, 9.17) is 0 Å². The van der Waals surface area contributed by atoms with Crippen LogP contribution < -0.4 is 0 Å². The van der Waals surface area contributed by atoms with Gasteiger partial charge in [0.2, 0.25) is 0 Å². The zero-order valence-electron chi connectivity index (χ0n) is 6.11. The molecule has 10 heavy (non-hydrogen) atoms. The number of thioether (sulfide) groups is 1. The zero-order valence-corrected chi connectivity index (χ0v) is 6.93. The molecular weight excluding hydrogens is 160 g/mol. The highest BCUT2D eigenvalue weighted by atomic mass is 32.2. The van der Waals surface area contributed by atoms with Crippen molar-refractivity contribution < 1.29 is 12.9 Å². The third-order valence-electron chi connectivity index (χ3n) is 0.758. The Morgan fingerprint density at radius 1 is 1.30 bits per heavy atom. The Morgan fingerprint density at radius 3 is 2.10 bits per heavy atom. The molecule has 0 aliphatic heterocycles. The average molecular weight is 171 g/mol. The van der Waals surface area contributed by atoms with Crippen molar-refractivity contribution in [2.24, 2.45) is 5.92 Å². The molecule has 0 rings (SSSR count). The van der Waals surface area contributed by atoms with Gasteiger partial charge in [0.25, 0.3) is 0 Å². The fourth-order valence-electron chi connectivity index (χ4n) is 0.437. The molecule has 0 aromatic carbocycles. The third kappa shape index (κ3) is 8.20. The molecule has 0 aliphatic carbocycles. The smallest absolute Gasteiger partial charge is 0.448 e. The molecule has 0 saturated heterocycles. The van der Waals surface area contributed by atoms with Crippen molar-refractivity contribution in [1.82, 2.24) is 0 Å². The predicted octanol–water partition coefficient (Wildman–Crippen LogP) is 2.76. The van der Waals surface area contributed by atoms with Crippen LogP contribution in [0.3, 0.4) is 0 Å². The van der Waals surface area contributed by atoms with Crippen molar-refractivity contribution in [1.29, 1.82) is 0 Å². The quantitative estimate of drug-likeness (QED) is 0.586. The van der Waals surface area contributed by atoms with Gasteiger partial charge in [-0.2, -0.15) is 11.8 Å². The maximum Gasteiger partial charge on any atom is 0.488 e. The van der Waals surface area contributed by atoms with E-state index in [0.717, 1.165) is 11.8 Å². The molecule has 0 aromatic rings. The van der Waals surface area contributed by atoms with Crippen molar-refractivity contribution in [3.05, 3.63) is 0 Å². The average Bonchev–Trinajstić information content (AvgIpc) is 1.59. The lowest BCUT2D eigenvalue weighted by atomic mass is 9.98. The Labute approximate surface area is 63.6 Å². The van der Waals surface area contributed by atoms with E-state index < -0.39 is 12.6 Å². The Bertz CT molecular complexity index is 91.4. The maximum atomic E-state index is 11.5. The van der Waals surface area contributed by atoms with Crippen molar-refractivity contribution in [3.63, 3.8) is 0 Å². The van der Waals surface area contributed by atoms with Gasteiger partial charge < -0.3 is 12.9 Å². The van der Waals surface area contributed by atoms with E-state index in [9.17, 15) is 12.9 Å². The fraction of sp³-hybridized carbons (Fsp3) is 1.00. The van der Waals surface area contributed by atoms with Crippen LogP contribution >= 0.6 is 11.8 Å². The lowest BCUT2D eigenvalue weighted by molar-refractivity contribution is 0.485. The number of rotatable bonds is 4. The van der Waals surface area contributed by atoms with Crippen LogP contribution in [0.25, 0.3) is 0 Å². The molecular formula is C5H11BF3S-. The lowest BCUT2D eigenvalue weighted by Gasteiger charge is -2.13. The number of halogens is 3. The summed E-state index contributed by atoms with van der Waals surface area (Å²) in [7, 11) is 0. The molecule has 0 unspecified atom stereocenters. The predicted molar refractivity (Wildman–Crippen MR) is 41.2 cm³/mol. The highest BCUT2D eigenvalue weighted by molar-refractivity contribution is 8.00. The largest absolute Gasteiger partial charge is 0.488 e. The molecule has 0 atom stereocenters. The number of hydrogen-bond donors (Lipinski definition) is 0. The Morgan fingerprint density at radius 2 is 1.80 bits per heavy atom. The Hall–Kier alpha value is 0.205. The van der Waals surface area contributed by atoms with Crippen LogP contribution in [-0.4, -0.2) is 18.4 Å². The summed E-state index contributed by atoms with van der Waals surface area (Å²) in [6.07, 6.45) is 0. The summed E-state index contributed by atoms with van der Waals surface area (Å²) in [4.78, 5) is 0. The van der Waals surface area contributed by atoms with Crippen LogP contribution in [0.4, 0.5) is 12.9 Å². The molecule has 5 heteroatoms. The van der Waals surface area contributed by atoms with Crippen LogP contribution in [0.2, 0.25) is 0 Å². The van der Waals surface area contributed by atoms with E-state index in [1.807, 2.05) is 13.8 Å². The van der Waals surface area contributed by atoms with Gasteiger partial charge in [-0.1, -0.05) is 13.8 Å². The van der Waals surface area contributed by atoms with Gasteiger partial charge in [-0.15, -0.1) is 0 Å². The van der Waals surface area contributed by atoms with Gasteiger partial charge in [0, 0.05) is 0 Å². The molecule has 0 radical (unpaired) electrons. The summed E-state index contributed by atoms with van der Waals surface area (Å²) in [5.74, 6) is 0.949. The lowest BCUT2D eigenvalue weighted by Crippen LogP contribution is -2.19. The van der Waals surface area contributed by atoms with Gasteiger partial charge in [0.15, 0.2) is 0 Å². The first-order valence-corrected chi connectivity index (χ1v) is 4.36. The molecule has 0 aliphatic rings.